The summed E-state index contributed by atoms with van der Waals surface area (Å²) in [4.78, 5) is 163. The van der Waals surface area contributed by atoms with Crippen LogP contribution in [0.25, 0.3) is 0 Å². The van der Waals surface area contributed by atoms with Gasteiger partial charge in [0.05, 0.1) is 44.2 Å². The van der Waals surface area contributed by atoms with Crippen LogP contribution < -0.4 is 48.3 Å². The van der Waals surface area contributed by atoms with Gasteiger partial charge >= 0.3 is 5.97 Å². The molecule has 96 heavy (non-hydrogen) atoms. The van der Waals surface area contributed by atoms with Crippen LogP contribution in [0.2, 0.25) is 0 Å². The Kier molecular flexibility index (Phi) is 33.5. The average Bonchev–Trinajstić information content (AvgIpc) is 0.858. The van der Waals surface area contributed by atoms with Gasteiger partial charge in [0.2, 0.25) is 47.3 Å². The number of rotatable bonds is 27. The molecule has 10 amide bonds. The normalized spacial score (nSPS) is 26.4. The summed E-state index contributed by atoms with van der Waals surface area (Å²) in [5, 5.41) is 93.2. The lowest BCUT2D eigenvalue weighted by Gasteiger charge is -2.42. The highest BCUT2D eigenvalue weighted by atomic mass is 16.7. The Hall–Kier alpha value is -8.44. The molecule has 1 aromatic carbocycles. The Morgan fingerprint density at radius 1 is 0.812 bits per heavy atom. The first-order chi connectivity index (χ1) is 45.5. The summed E-state index contributed by atoms with van der Waals surface area (Å²) in [5.41, 5.74) is 4.89. The quantitative estimate of drug-likeness (QED) is 0.0238. The van der Waals surface area contributed by atoms with Crippen LogP contribution in [0.4, 0.5) is 0 Å². The fourth-order valence-corrected chi connectivity index (χ4v) is 10.5. The number of nitrogens with one attached hydrogen (secondary N) is 9. The lowest BCUT2D eigenvalue weighted by molar-refractivity contribution is -0.312. The first kappa shape index (κ1) is 80.0. The Balaban J connectivity index is 1.84. The molecule has 33 nitrogen and oxygen atoms in total. The van der Waals surface area contributed by atoms with Crippen molar-refractivity contribution < 1.29 is 103 Å². The number of carbonyl (C=O) groups is 11. The van der Waals surface area contributed by atoms with E-state index in [-0.39, 0.29) is 17.9 Å². The molecule has 4 rings (SSSR count). The molecule has 15 atom stereocenters. The molecule has 2 aliphatic rings. The van der Waals surface area contributed by atoms with Crippen LogP contribution in [0.5, 0.6) is 5.75 Å². The van der Waals surface area contributed by atoms with E-state index in [9.17, 15) is 88.5 Å². The second-order valence-corrected chi connectivity index (χ2v) is 23.7. The number of aromatic nitrogens is 2. The smallest absolute Gasteiger partial charge is 0.329 e. The number of phenols is 1. The van der Waals surface area contributed by atoms with Crippen molar-refractivity contribution in [2.75, 3.05) is 20.2 Å². The van der Waals surface area contributed by atoms with E-state index in [2.05, 4.69) is 59.4 Å². The summed E-state index contributed by atoms with van der Waals surface area (Å²) in [5.74, 6) is -12.7. The number of nitrogens with zero attached hydrogens (tertiary/aromatic N) is 2. The minimum atomic E-state index is -2.10. The molecule has 1 aromatic heterocycles. The maximum absolute atomic E-state index is 15.0. The Morgan fingerprint density at radius 2 is 1.46 bits per heavy atom. The molecular formula is C63H96N12O21. The van der Waals surface area contributed by atoms with Crippen molar-refractivity contribution in [1.82, 2.24) is 57.4 Å². The third kappa shape index (κ3) is 25.3. The van der Waals surface area contributed by atoms with Gasteiger partial charge in [0, 0.05) is 38.2 Å². The van der Waals surface area contributed by atoms with Gasteiger partial charge in [-0.3, -0.25) is 47.9 Å². The molecule has 2 aliphatic heterocycles. The fraction of sp³-hybridized carbons (Fsp3) is 0.619. The number of carbonyl (C=O) groups excluding carboxylic acids is 11. The molecule has 2 aromatic rings. The van der Waals surface area contributed by atoms with E-state index >= 15 is 0 Å². The number of allylic oxidation sites excluding steroid dienone is 2. The molecule has 3 heterocycles. The molecular weight excluding hydrogens is 1260 g/mol. The van der Waals surface area contributed by atoms with E-state index in [1.807, 2.05) is 0 Å². The van der Waals surface area contributed by atoms with Crippen LogP contribution in [0.15, 0.2) is 60.3 Å². The Bertz CT molecular complexity index is 2980. The molecule has 2 saturated heterocycles. The van der Waals surface area contributed by atoms with Crippen molar-refractivity contribution in [3.05, 3.63) is 71.6 Å². The number of H-pyrrole nitrogens is 1. The largest absolute Gasteiger partial charge is 0.508 e. The second-order valence-electron chi connectivity index (χ2n) is 23.7. The third-order valence-electron chi connectivity index (χ3n) is 16.1. The summed E-state index contributed by atoms with van der Waals surface area (Å²) in [6, 6.07) is -6.02. The molecule has 0 bridgehead atoms. The molecule has 0 saturated carbocycles. The number of hydrogen-bond donors (Lipinski definition) is 17. The predicted octanol–water partition coefficient (Wildman–Crippen LogP) is -3.22. The third-order valence-corrected chi connectivity index (χ3v) is 16.1. The SMILES string of the molecule is CC=C(NC(=O)CC(O)CCCCCCCCCCC)C(=O)NC1C(=O)NC(C(C)O)C(=O)NC(Cc2ccc(O)cc2)C(=O)NC(=CC)C(=O)NC(CCC(N)=O)C(=O)NCC(=O)N(C)C(C(C)OC2OC(CO)C(O)C(O)C2O)C(=O)NC(Cc2cnc[nH]2)C(=O)OC1C. The number of imidazole rings is 1. The van der Waals surface area contributed by atoms with E-state index in [1.54, 1.807) is 0 Å². The number of aromatic hydroxyl groups is 1. The van der Waals surface area contributed by atoms with E-state index in [1.165, 1.54) is 70.4 Å². The number of hydrogen-bond acceptors (Lipinski definition) is 22. The summed E-state index contributed by atoms with van der Waals surface area (Å²) < 4.78 is 17.3. The van der Waals surface area contributed by atoms with Gasteiger partial charge in [-0.2, -0.15) is 0 Å². The van der Waals surface area contributed by atoms with Crippen LogP contribution >= 0.6 is 0 Å². The molecule has 0 aliphatic carbocycles. The highest BCUT2D eigenvalue weighted by Crippen LogP contribution is 2.25. The number of cyclic esters (lactones) is 1. The van der Waals surface area contributed by atoms with Crippen molar-refractivity contribution in [3.63, 3.8) is 0 Å². The number of nitrogens with two attached hydrogens (primary N) is 1. The van der Waals surface area contributed by atoms with Crippen LogP contribution in [0.1, 0.15) is 136 Å². The summed E-state index contributed by atoms with van der Waals surface area (Å²) in [7, 11) is 1.05. The monoisotopic (exact) mass is 1360 g/mol. The zero-order valence-corrected chi connectivity index (χ0v) is 55.1. The number of aliphatic hydroxyl groups excluding tert-OH is 6. The van der Waals surface area contributed by atoms with E-state index in [0.29, 0.717) is 12.0 Å². The van der Waals surface area contributed by atoms with Crippen LogP contribution in [-0.2, 0) is 79.8 Å². The lowest BCUT2D eigenvalue weighted by atomic mass is 9.99. The highest BCUT2D eigenvalue weighted by molar-refractivity contribution is 6.03. The molecule has 0 radical (unpaired) electrons. The Labute approximate surface area is 555 Å². The molecule has 0 spiro atoms. The zero-order valence-electron chi connectivity index (χ0n) is 55.1. The van der Waals surface area contributed by atoms with Gasteiger partial charge in [0.25, 0.3) is 11.8 Å². The number of aliphatic hydroxyl groups is 6. The van der Waals surface area contributed by atoms with Gasteiger partial charge in [-0.05, 0) is 65.2 Å². The molecule has 15 unspecified atom stereocenters. The average molecular weight is 1360 g/mol. The van der Waals surface area contributed by atoms with E-state index < -0.39 is 213 Å². The van der Waals surface area contributed by atoms with Crippen molar-refractivity contribution >= 4 is 65.0 Å². The van der Waals surface area contributed by atoms with Gasteiger partial charge < -0.3 is 108 Å². The second kappa shape index (κ2) is 40.2. The number of amides is 10. The van der Waals surface area contributed by atoms with Gasteiger partial charge in [0.15, 0.2) is 6.29 Å². The van der Waals surface area contributed by atoms with E-state index in [4.69, 9.17) is 19.9 Å². The molecule has 2 fully saturated rings. The molecule has 534 valence electrons. The topological polar surface area (TPSA) is 511 Å². The number of likely N-dealkylation sites (N-methyl/N-ethyl adjacent to an activating group) is 1. The number of aromatic amines is 1. The van der Waals surface area contributed by atoms with Gasteiger partial charge in [0.1, 0.15) is 83.9 Å². The van der Waals surface area contributed by atoms with Gasteiger partial charge in [-0.15, -0.1) is 0 Å². The van der Waals surface area contributed by atoms with Crippen molar-refractivity contribution in [1.29, 1.82) is 0 Å². The van der Waals surface area contributed by atoms with Crippen molar-refractivity contribution in [3.8, 4) is 5.75 Å². The van der Waals surface area contributed by atoms with Gasteiger partial charge in [-0.25, -0.2) is 9.78 Å². The van der Waals surface area contributed by atoms with E-state index in [0.717, 1.165) is 76.5 Å². The number of primary amides is 1. The maximum atomic E-state index is 15.0. The number of ether oxygens (including phenoxy) is 3. The first-order valence-electron chi connectivity index (χ1n) is 32.1. The molecule has 33 heteroatoms. The number of esters is 1. The summed E-state index contributed by atoms with van der Waals surface area (Å²) >= 11 is 0. The number of benzene rings is 1. The van der Waals surface area contributed by atoms with Crippen LogP contribution in [-0.4, -0.2) is 227 Å². The molecule has 18 N–H and O–H groups in total. The van der Waals surface area contributed by atoms with Crippen molar-refractivity contribution in [2.24, 2.45) is 5.73 Å². The number of phenolic OH excluding ortho intramolecular Hbond substituents is 1. The lowest BCUT2D eigenvalue weighted by Crippen LogP contribution is -2.63. The Morgan fingerprint density at radius 3 is 2.05 bits per heavy atom. The number of unbranched alkanes of at least 4 members (excludes halogenated alkanes) is 8. The minimum absolute atomic E-state index is 0.167. The van der Waals surface area contributed by atoms with Crippen LogP contribution in [0, 0.1) is 0 Å². The summed E-state index contributed by atoms with van der Waals surface area (Å²) in [6.45, 7) is 6.31. The first-order valence-corrected chi connectivity index (χ1v) is 32.1. The van der Waals surface area contributed by atoms with Crippen molar-refractivity contribution in [2.45, 2.75) is 229 Å². The zero-order chi connectivity index (χ0) is 71.3. The maximum Gasteiger partial charge on any atom is 0.329 e. The standard InChI is InChI=1S/C63H96N12O21/c1-8-11-12-13-14-15-16-17-18-19-39(79)28-47(81)68-40(9-2)57(88)74-50-34(5)94-62(93)44(27-37-29-65-32-67-37)72-61(92)51(35(6)95-63-54(85)53(84)52(83)45(31-76)96-63)75(7)48(82)30-66-55(86)42(24-25-46(64)80)70-56(87)41(10-3)69-58(89)43(26-36-20-22-38(78)23-21-36)71-59(90)49(33(4)77)73-60(50)91/h9-10,20-23,29,32-35,39,42-45,49-54,63,76-79,83-85H,8,11-19,24-28,30-31H2,1-7H3,(H2,64,80)(H,65,67)(H,66,86)(H,68,81)(H,69,89)(H,70,87)(H,71,90)(H,72,92)(H,73,91)(H,74,88). The highest BCUT2D eigenvalue weighted by Gasteiger charge is 2.47. The fourth-order valence-electron chi connectivity index (χ4n) is 10.5. The minimum Gasteiger partial charge on any atom is -0.508 e. The summed E-state index contributed by atoms with van der Waals surface area (Å²) in [6.07, 6.45) is -3.89. The van der Waals surface area contributed by atoms with Crippen LogP contribution in [0.3, 0.4) is 0 Å². The predicted molar refractivity (Wildman–Crippen MR) is 340 cm³/mol. The van der Waals surface area contributed by atoms with Gasteiger partial charge in [-0.1, -0.05) is 89.0 Å².